The fourth-order valence-corrected chi connectivity index (χ4v) is 0.629. The van der Waals surface area contributed by atoms with Crippen molar-refractivity contribution in [2.75, 3.05) is 13.2 Å². The number of alkyl carbamates (subject to hydrolysis) is 1. The predicted molar refractivity (Wildman–Crippen MR) is 30.0 cm³/mol. The summed E-state index contributed by atoms with van der Waals surface area (Å²) in [6.45, 7) is 1.89. The largest absolute Gasteiger partial charge is 0.447 e. The molecule has 0 aromatic heterocycles. The Hall–Kier alpha value is -0.770. The lowest BCUT2D eigenvalue weighted by Gasteiger charge is -2.15. The predicted octanol–water partition coefficient (Wildman–Crippen LogP) is -0.523. The second-order valence-electron chi connectivity index (χ2n) is 2.42. The van der Waals surface area contributed by atoms with E-state index < -0.39 is 11.6 Å². The van der Waals surface area contributed by atoms with Gasteiger partial charge in [-0.2, -0.15) is 0 Å². The molecule has 1 saturated heterocycles. The van der Waals surface area contributed by atoms with Crippen LogP contribution < -0.4 is 5.32 Å². The second kappa shape index (κ2) is 1.88. The molecule has 1 fully saturated rings. The van der Waals surface area contributed by atoms with Gasteiger partial charge < -0.3 is 15.2 Å². The van der Waals surface area contributed by atoms with Crippen molar-refractivity contribution < 1.29 is 14.6 Å². The summed E-state index contributed by atoms with van der Waals surface area (Å²) >= 11 is 0. The third-order valence-corrected chi connectivity index (χ3v) is 1.27. The fourth-order valence-electron chi connectivity index (χ4n) is 0.629. The number of nitrogens with one attached hydrogen (secondary N) is 1. The Morgan fingerprint density at radius 1 is 2.00 bits per heavy atom. The number of carbonyl (C=O) groups excluding carboxylic acids is 1. The molecular weight excluding hydrogens is 122 g/mol. The quantitative estimate of drug-likeness (QED) is 0.503. The minimum absolute atomic E-state index is 0.0846. The molecule has 0 aromatic carbocycles. The molecule has 0 spiro atoms. The number of hydrogen-bond acceptors (Lipinski definition) is 3. The summed E-state index contributed by atoms with van der Waals surface area (Å²) in [7, 11) is 0. The topological polar surface area (TPSA) is 58.6 Å². The molecule has 0 saturated carbocycles. The van der Waals surface area contributed by atoms with Crippen molar-refractivity contribution in [2.45, 2.75) is 12.5 Å². The van der Waals surface area contributed by atoms with E-state index in [0.717, 1.165) is 0 Å². The van der Waals surface area contributed by atoms with Crippen molar-refractivity contribution in [2.24, 2.45) is 0 Å². The smallest absolute Gasteiger partial charge is 0.407 e. The second-order valence-corrected chi connectivity index (χ2v) is 2.42. The molecule has 1 amide bonds. The summed E-state index contributed by atoms with van der Waals surface area (Å²) in [5.41, 5.74) is -0.558. The van der Waals surface area contributed by atoms with Crippen molar-refractivity contribution in [3.8, 4) is 0 Å². The minimum Gasteiger partial charge on any atom is -0.447 e. The standard InChI is InChI=1S/C5H9NO3/c1-5(2-7)3-9-4(8)6-5/h7H,2-3H2,1H3,(H,6,8)/t5-/m0/s1. The Morgan fingerprint density at radius 3 is 2.89 bits per heavy atom. The van der Waals surface area contributed by atoms with Crippen LogP contribution in [0.15, 0.2) is 0 Å². The number of carbonyl (C=O) groups is 1. The first kappa shape index (κ1) is 6.35. The molecule has 1 heterocycles. The molecule has 0 aliphatic carbocycles. The number of cyclic esters (lactones) is 1. The summed E-state index contributed by atoms with van der Waals surface area (Å²) in [4.78, 5) is 10.4. The van der Waals surface area contributed by atoms with Crippen LogP contribution in [0.3, 0.4) is 0 Å². The fraction of sp³-hybridized carbons (Fsp3) is 0.800. The van der Waals surface area contributed by atoms with Gasteiger partial charge >= 0.3 is 6.09 Å². The normalized spacial score (nSPS) is 33.8. The van der Waals surface area contributed by atoms with E-state index in [4.69, 9.17) is 5.11 Å². The van der Waals surface area contributed by atoms with Crippen LogP contribution in [0.25, 0.3) is 0 Å². The van der Waals surface area contributed by atoms with Crippen LogP contribution in [0.5, 0.6) is 0 Å². The Balaban J connectivity index is 2.54. The highest BCUT2D eigenvalue weighted by atomic mass is 16.6. The molecule has 1 rings (SSSR count). The summed E-state index contributed by atoms with van der Waals surface area (Å²) in [6.07, 6.45) is -0.452. The molecule has 1 atom stereocenters. The summed E-state index contributed by atoms with van der Waals surface area (Å²) in [5, 5.41) is 11.1. The van der Waals surface area contributed by atoms with Gasteiger partial charge in [0.25, 0.3) is 0 Å². The molecule has 9 heavy (non-hydrogen) atoms. The van der Waals surface area contributed by atoms with Crippen molar-refractivity contribution in [3.63, 3.8) is 0 Å². The Bertz CT molecular complexity index is 136. The number of aliphatic hydroxyl groups excluding tert-OH is 1. The van der Waals surface area contributed by atoms with Gasteiger partial charge in [0.05, 0.1) is 12.1 Å². The van der Waals surface area contributed by atoms with Crippen LogP contribution in [0.2, 0.25) is 0 Å². The lowest BCUT2D eigenvalue weighted by atomic mass is 10.1. The van der Waals surface area contributed by atoms with E-state index >= 15 is 0 Å². The highest BCUT2D eigenvalue weighted by Gasteiger charge is 2.33. The first-order chi connectivity index (χ1) is 4.16. The van der Waals surface area contributed by atoms with E-state index in [1.165, 1.54) is 0 Å². The van der Waals surface area contributed by atoms with Gasteiger partial charge in [-0.3, -0.25) is 0 Å². The first-order valence-electron chi connectivity index (χ1n) is 2.72. The van der Waals surface area contributed by atoms with Crippen molar-refractivity contribution in [1.82, 2.24) is 5.32 Å². The molecule has 4 nitrogen and oxygen atoms in total. The highest BCUT2D eigenvalue weighted by Crippen LogP contribution is 2.09. The lowest BCUT2D eigenvalue weighted by molar-refractivity contribution is 0.154. The van der Waals surface area contributed by atoms with Gasteiger partial charge in [-0.05, 0) is 6.92 Å². The zero-order valence-electron chi connectivity index (χ0n) is 5.18. The Labute approximate surface area is 52.8 Å². The van der Waals surface area contributed by atoms with Gasteiger partial charge in [0.15, 0.2) is 0 Å². The molecular formula is C5H9NO3. The average molecular weight is 131 g/mol. The summed E-state index contributed by atoms with van der Waals surface area (Å²) in [6, 6.07) is 0. The van der Waals surface area contributed by atoms with E-state index in [-0.39, 0.29) is 13.2 Å². The summed E-state index contributed by atoms with van der Waals surface area (Å²) in [5.74, 6) is 0. The van der Waals surface area contributed by atoms with Crippen LogP contribution in [-0.2, 0) is 4.74 Å². The van der Waals surface area contributed by atoms with Gasteiger partial charge in [0.2, 0.25) is 0 Å². The van der Waals surface area contributed by atoms with E-state index in [0.29, 0.717) is 0 Å². The van der Waals surface area contributed by atoms with E-state index in [1.807, 2.05) is 0 Å². The number of amides is 1. The van der Waals surface area contributed by atoms with Crippen molar-refractivity contribution in [3.05, 3.63) is 0 Å². The monoisotopic (exact) mass is 131 g/mol. The number of hydrogen-bond donors (Lipinski definition) is 2. The Kier molecular flexibility index (Phi) is 1.32. The van der Waals surface area contributed by atoms with Crippen LogP contribution in [0, 0.1) is 0 Å². The van der Waals surface area contributed by atoms with Gasteiger partial charge in [-0.1, -0.05) is 0 Å². The van der Waals surface area contributed by atoms with E-state index in [9.17, 15) is 4.79 Å². The molecule has 0 unspecified atom stereocenters. The molecule has 0 aromatic rings. The van der Waals surface area contributed by atoms with Gasteiger partial charge in [-0.25, -0.2) is 4.79 Å². The van der Waals surface area contributed by atoms with Crippen LogP contribution in [0.1, 0.15) is 6.92 Å². The highest BCUT2D eigenvalue weighted by molar-refractivity contribution is 5.70. The third-order valence-electron chi connectivity index (χ3n) is 1.27. The average Bonchev–Trinajstić information content (AvgIpc) is 2.13. The van der Waals surface area contributed by atoms with Gasteiger partial charge in [0.1, 0.15) is 6.61 Å². The van der Waals surface area contributed by atoms with Crippen molar-refractivity contribution in [1.29, 1.82) is 0 Å². The SMILES string of the molecule is C[C@]1(CO)COC(=O)N1. The maximum absolute atomic E-state index is 10.4. The first-order valence-corrected chi connectivity index (χ1v) is 2.72. The molecule has 0 bridgehead atoms. The van der Waals surface area contributed by atoms with Crippen molar-refractivity contribution >= 4 is 6.09 Å². The molecule has 4 heteroatoms. The van der Waals surface area contributed by atoms with Crippen LogP contribution in [-0.4, -0.2) is 30.0 Å². The number of ether oxygens (including phenoxy) is 1. The van der Waals surface area contributed by atoms with E-state index in [2.05, 4.69) is 10.1 Å². The molecule has 2 N–H and O–H groups in total. The molecule has 52 valence electrons. The summed E-state index contributed by atoms with van der Waals surface area (Å²) < 4.78 is 4.55. The number of rotatable bonds is 1. The Morgan fingerprint density at radius 2 is 2.67 bits per heavy atom. The van der Waals surface area contributed by atoms with Gasteiger partial charge in [-0.15, -0.1) is 0 Å². The molecule has 1 aliphatic rings. The van der Waals surface area contributed by atoms with Crippen LogP contribution in [0.4, 0.5) is 4.79 Å². The molecule has 1 aliphatic heterocycles. The van der Waals surface area contributed by atoms with Gasteiger partial charge in [0, 0.05) is 0 Å². The maximum Gasteiger partial charge on any atom is 0.407 e. The van der Waals surface area contributed by atoms with E-state index in [1.54, 1.807) is 6.92 Å². The maximum atomic E-state index is 10.4. The minimum atomic E-state index is -0.558. The number of aliphatic hydroxyl groups is 1. The van der Waals surface area contributed by atoms with Crippen LogP contribution >= 0.6 is 0 Å². The zero-order valence-corrected chi connectivity index (χ0v) is 5.18. The third kappa shape index (κ3) is 1.13. The molecule has 0 radical (unpaired) electrons. The lowest BCUT2D eigenvalue weighted by Crippen LogP contribution is -2.43. The zero-order chi connectivity index (χ0) is 6.91.